The van der Waals surface area contributed by atoms with E-state index in [-0.39, 0.29) is 0 Å². The summed E-state index contributed by atoms with van der Waals surface area (Å²) in [6.07, 6.45) is 3.59. The van der Waals surface area contributed by atoms with E-state index in [4.69, 9.17) is 28.9 Å². The zero-order valence-corrected chi connectivity index (χ0v) is 11.1. The molecule has 1 aliphatic heterocycles. The Labute approximate surface area is 111 Å². The van der Waals surface area contributed by atoms with E-state index < -0.39 is 0 Å². The number of anilines is 1. The van der Waals surface area contributed by atoms with Gasteiger partial charge in [-0.2, -0.15) is 0 Å². The Kier molecular flexibility index (Phi) is 2.77. The number of nitrogens with two attached hydrogens (primary N) is 1. The number of benzene rings is 1. The first kappa shape index (κ1) is 11.6. The third-order valence-electron chi connectivity index (χ3n) is 4.16. The molecular weight excluding hydrogens is 255 g/mol. The first-order valence-corrected chi connectivity index (χ1v) is 6.85. The van der Waals surface area contributed by atoms with E-state index in [1.807, 2.05) is 0 Å². The van der Waals surface area contributed by atoms with Crippen LogP contribution in [0.25, 0.3) is 0 Å². The molecular formula is C13H16Cl2N2. The van der Waals surface area contributed by atoms with Gasteiger partial charge in [0.25, 0.3) is 0 Å². The summed E-state index contributed by atoms with van der Waals surface area (Å²) in [5.41, 5.74) is 8.50. The maximum absolute atomic E-state index is 6.25. The molecule has 1 aromatic rings. The van der Waals surface area contributed by atoms with E-state index in [0.29, 0.717) is 11.3 Å². The molecule has 92 valence electrons. The fraction of sp³-hybridized carbons (Fsp3) is 0.538. The van der Waals surface area contributed by atoms with Gasteiger partial charge < -0.3 is 11.1 Å². The predicted molar refractivity (Wildman–Crippen MR) is 73.0 cm³/mol. The Morgan fingerprint density at radius 1 is 1.35 bits per heavy atom. The Bertz CT molecular complexity index is 455. The second-order valence-corrected chi connectivity index (χ2v) is 6.04. The highest BCUT2D eigenvalue weighted by molar-refractivity contribution is 6.36. The van der Waals surface area contributed by atoms with Crippen molar-refractivity contribution in [3.63, 3.8) is 0 Å². The molecule has 0 radical (unpaired) electrons. The van der Waals surface area contributed by atoms with Crippen LogP contribution in [0.15, 0.2) is 12.1 Å². The molecule has 1 aromatic carbocycles. The van der Waals surface area contributed by atoms with Crippen molar-refractivity contribution < 1.29 is 0 Å². The van der Waals surface area contributed by atoms with Crippen molar-refractivity contribution in [3.8, 4) is 0 Å². The van der Waals surface area contributed by atoms with Crippen molar-refractivity contribution in [3.05, 3.63) is 27.7 Å². The molecule has 1 atom stereocenters. The molecule has 1 unspecified atom stereocenters. The van der Waals surface area contributed by atoms with Gasteiger partial charge in [-0.15, -0.1) is 0 Å². The first-order valence-electron chi connectivity index (χ1n) is 6.09. The average molecular weight is 271 g/mol. The average Bonchev–Trinajstić information content (AvgIpc) is 3.03. The summed E-state index contributed by atoms with van der Waals surface area (Å²) in [6.45, 7) is 1.74. The number of nitrogens with one attached hydrogen (secondary N) is 1. The predicted octanol–water partition coefficient (Wildman–Crippen LogP) is 3.63. The monoisotopic (exact) mass is 270 g/mol. The Morgan fingerprint density at radius 2 is 2.12 bits per heavy atom. The molecule has 1 heterocycles. The first-order chi connectivity index (χ1) is 8.16. The van der Waals surface area contributed by atoms with E-state index in [1.165, 1.54) is 18.4 Å². The zero-order chi connectivity index (χ0) is 12.0. The Morgan fingerprint density at radius 3 is 2.76 bits per heavy atom. The summed E-state index contributed by atoms with van der Waals surface area (Å²) in [5, 5.41) is 4.91. The van der Waals surface area contributed by atoms with Crippen LogP contribution in [-0.4, -0.2) is 13.1 Å². The van der Waals surface area contributed by atoms with Crippen molar-refractivity contribution in [1.82, 2.24) is 0 Å². The van der Waals surface area contributed by atoms with Gasteiger partial charge in [-0.3, -0.25) is 0 Å². The molecule has 17 heavy (non-hydrogen) atoms. The zero-order valence-electron chi connectivity index (χ0n) is 9.60. The van der Waals surface area contributed by atoms with Crippen molar-refractivity contribution in [2.45, 2.75) is 25.2 Å². The van der Waals surface area contributed by atoms with Gasteiger partial charge in [0.05, 0.1) is 10.7 Å². The molecule has 3 rings (SSSR count). The quantitative estimate of drug-likeness (QED) is 0.862. The molecule has 4 heteroatoms. The van der Waals surface area contributed by atoms with Crippen molar-refractivity contribution >= 4 is 28.9 Å². The van der Waals surface area contributed by atoms with Gasteiger partial charge in [0.2, 0.25) is 0 Å². The summed E-state index contributed by atoms with van der Waals surface area (Å²) >= 11 is 12.4. The third kappa shape index (κ3) is 1.83. The van der Waals surface area contributed by atoms with Crippen LogP contribution in [0, 0.1) is 5.41 Å². The summed E-state index contributed by atoms with van der Waals surface area (Å²) < 4.78 is 0. The number of rotatable bonds is 2. The lowest BCUT2D eigenvalue weighted by Crippen LogP contribution is -2.31. The minimum Gasteiger partial charge on any atom is -0.383 e. The molecule has 3 N–H and O–H groups in total. The minimum absolute atomic E-state index is 0.417. The molecule has 0 aromatic heterocycles. The van der Waals surface area contributed by atoms with Gasteiger partial charge in [-0.25, -0.2) is 0 Å². The normalized spacial score (nSPS) is 24.3. The lowest BCUT2D eigenvalue weighted by molar-refractivity contribution is 0.390. The van der Waals surface area contributed by atoms with Crippen LogP contribution in [0.3, 0.4) is 0 Å². The fourth-order valence-electron chi connectivity index (χ4n) is 3.09. The standard InChI is InChI=1S/C13H16Cl2N2/c14-8-5-9-10(1-4-16)13(2-3-13)7-17-12(9)11(15)6-8/h5-6,10,17H,1-4,7,16H2. The number of fused-ring (bicyclic) bond motifs is 1. The molecule has 1 saturated carbocycles. The van der Waals surface area contributed by atoms with Crippen LogP contribution in [-0.2, 0) is 0 Å². The van der Waals surface area contributed by atoms with Crippen molar-refractivity contribution in [2.75, 3.05) is 18.4 Å². The molecule has 0 bridgehead atoms. The molecule has 0 saturated heterocycles. The van der Waals surface area contributed by atoms with Crippen LogP contribution >= 0.6 is 23.2 Å². The van der Waals surface area contributed by atoms with Crippen LogP contribution in [0.2, 0.25) is 10.0 Å². The van der Waals surface area contributed by atoms with Gasteiger partial charge in [0, 0.05) is 11.6 Å². The third-order valence-corrected chi connectivity index (χ3v) is 4.68. The van der Waals surface area contributed by atoms with Gasteiger partial charge in [0.15, 0.2) is 0 Å². The second-order valence-electron chi connectivity index (χ2n) is 5.20. The van der Waals surface area contributed by atoms with Crippen LogP contribution in [0.5, 0.6) is 0 Å². The second kappa shape index (κ2) is 4.04. The number of hydrogen-bond donors (Lipinski definition) is 2. The summed E-state index contributed by atoms with van der Waals surface area (Å²) in [5.74, 6) is 0.514. The maximum atomic E-state index is 6.25. The number of halogens is 2. The van der Waals surface area contributed by atoms with Gasteiger partial charge >= 0.3 is 0 Å². The van der Waals surface area contributed by atoms with E-state index in [1.54, 1.807) is 6.07 Å². The smallest absolute Gasteiger partial charge is 0.0655 e. The van der Waals surface area contributed by atoms with Crippen molar-refractivity contribution in [2.24, 2.45) is 11.1 Å². The molecule has 2 nitrogen and oxygen atoms in total. The van der Waals surface area contributed by atoms with E-state index in [9.17, 15) is 0 Å². The molecule has 1 fully saturated rings. The highest BCUT2D eigenvalue weighted by atomic mass is 35.5. The molecule has 1 spiro atoms. The van der Waals surface area contributed by atoms with Crippen molar-refractivity contribution in [1.29, 1.82) is 0 Å². The van der Waals surface area contributed by atoms with Crippen LogP contribution in [0.1, 0.15) is 30.7 Å². The number of hydrogen-bond acceptors (Lipinski definition) is 2. The van der Waals surface area contributed by atoms with Crippen LogP contribution < -0.4 is 11.1 Å². The van der Waals surface area contributed by atoms with Crippen LogP contribution in [0.4, 0.5) is 5.69 Å². The lowest BCUT2D eigenvalue weighted by Gasteiger charge is -2.35. The van der Waals surface area contributed by atoms with E-state index in [0.717, 1.165) is 35.2 Å². The summed E-state index contributed by atoms with van der Waals surface area (Å²) in [7, 11) is 0. The van der Waals surface area contributed by atoms with E-state index >= 15 is 0 Å². The van der Waals surface area contributed by atoms with Gasteiger partial charge in [0.1, 0.15) is 0 Å². The summed E-state index contributed by atoms with van der Waals surface area (Å²) in [4.78, 5) is 0. The lowest BCUT2D eigenvalue weighted by atomic mass is 9.77. The Hall–Kier alpha value is -0.440. The fourth-order valence-corrected chi connectivity index (χ4v) is 3.66. The topological polar surface area (TPSA) is 38.0 Å². The minimum atomic E-state index is 0.417. The highest BCUT2D eigenvalue weighted by Gasteiger charge is 2.52. The largest absolute Gasteiger partial charge is 0.383 e. The van der Waals surface area contributed by atoms with Gasteiger partial charge in [-0.05, 0) is 54.8 Å². The van der Waals surface area contributed by atoms with E-state index in [2.05, 4.69) is 11.4 Å². The Balaban J connectivity index is 2.08. The SMILES string of the molecule is NCCC1c2cc(Cl)cc(Cl)c2NCC12CC2. The molecule has 2 aliphatic rings. The summed E-state index contributed by atoms with van der Waals surface area (Å²) in [6, 6.07) is 3.86. The maximum Gasteiger partial charge on any atom is 0.0655 e. The highest BCUT2D eigenvalue weighted by Crippen LogP contribution is 2.61. The molecule has 1 aliphatic carbocycles. The van der Waals surface area contributed by atoms with Gasteiger partial charge in [-0.1, -0.05) is 23.2 Å². The molecule has 0 amide bonds.